The molecule has 4 heteroatoms. The number of hydrogen-bond acceptors (Lipinski definition) is 4. The van der Waals surface area contributed by atoms with E-state index in [2.05, 4.69) is 22.2 Å². The van der Waals surface area contributed by atoms with Gasteiger partial charge in [-0.25, -0.2) is 0 Å². The Hall–Kier alpha value is -1.00. The van der Waals surface area contributed by atoms with E-state index in [0.717, 1.165) is 31.6 Å². The molecule has 0 saturated heterocycles. The Morgan fingerprint density at radius 2 is 2.33 bits per heavy atom. The van der Waals surface area contributed by atoms with Gasteiger partial charge in [-0.15, -0.1) is 0 Å². The molecule has 1 unspecified atom stereocenters. The molecule has 0 aliphatic heterocycles. The Kier molecular flexibility index (Phi) is 5.88. The lowest BCUT2D eigenvalue weighted by Crippen LogP contribution is -2.23. The first kappa shape index (κ1) is 12.1. The van der Waals surface area contributed by atoms with Gasteiger partial charge in [0.1, 0.15) is 0 Å². The van der Waals surface area contributed by atoms with Gasteiger partial charge in [-0.3, -0.25) is 9.97 Å². The smallest absolute Gasteiger partial charge is 0.0724 e. The second-order valence-corrected chi connectivity index (χ2v) is 3.61. The average molecular weight is 209 g/mol. The standard InChI is InChI=1S/C11H19N3O/c1-2-10(3-6-15)7-13-9-11-8-12-4-5-14-11/h4-5,8,10,13,15H,2-3,6-7,9H2,1H3. The van der Waals surface area contributed by atoms with E-state index < -0.39 is 0 Å². The summed E-state index contributed by atoms with van der Waals surface area (Å²) in [5.41, 5.74) is 0.955. The number of rotatable bonds is 7. The molecule has 15 heavy (non-hydrogen) atoms. The van der Waals surface area contributed by atoms with Crippen LogP contribution in [0.5, 0.6) is 0 Å². The van der Waals surface area contributed by atoms with Gasteiger partial charge in [0, 0.05) is 31.7 Å². The van der Waals surface area contributed by atoms with Gasteiger partial charge in [0.25, 0.3) is 0 Å². The molecule has 1 rings (SSSR count). The van der Waals surface area contributed by atoms with Gasteiger partial charge in [0.15, 0.2) is 0 Å². The van der Waals surface area contributed by atoms with Gasteiger partial charge in [-0.2, -0.15) is 0 Å². The third kappa shape index (κ3) is 4.85. The van der Waals surface area contributed by atoms with E-state index in [4.69, 9.17) is 5.11 Å². The molecule has 0 aromatic carbocycles. The topological polar surface area (TPSA) is 58.0 Å². The molecule has 0 amide bonds. The van der Waals surface area contributed by atoms with Crippen molar-refractivity contribution in [2.45, 2.75) is 26.3 Å². The van der Waals surface area contributed by atoms with E-state index in [1.165, 1.54) is 0 Å². The van der Waals surface area contributed by atoms with Crippen LogP contribution in [0.4, 0.5) is 0 Å². The van der Waals surface area contributed by atoms with Crippen LogP contribution in [-0.2, 0) is 6.54 Å². The average Bonchev–Trinajstić information content (AvgIpc) is 2.29. The summed E-state index contributed by atoms with van der Waals surface area (Å²) in [6.07, 6.45) is 7.09. The fourth-order valence-electron chi connectivity index (χ4n) is 1.46. The van der Waals surface area contributed by atoms with Crippen LogP contribution in [0.25, 0.3) is 0 Å². The van der Waals surface area contributed by atoms with E-state index >= 15 is 0 Å². The van der Waals surface area contributed by atoms with Gasteiger partial charge < -0.3 is 10.4 Å². The maximum atomic E-state index is 8.83. The van der Waals surface area contributed by atoms with E-state index in [0.29, 0.717) is 5.92 Å². The van der Waals surface area contributed by atoms with E-state index in [1.54, 1.807) is 18.6 Å². The van der Waals surface area contributed by atoms with Crippen molar-refractivity contribution < 1.29 is 5.11 Å². The number of aliphatic hydroxyl groups excluding tert-OH is 1. The molecule has 0 saturated carbocycles. The van der Waals surface area contributed by atoms with Crippen LogP contribution in [0.1, 0.15) is 25.5 Å². The van der Waals surface area contributed by atoms with Crippen LogP contribution in [0.2, 0.25) is 0 Å². The second-order valence-electron chi connectivity index (χ2n) is 3.61. The molecule has 0 fully saturated rings. The summed E-state index contributed by atoms with van der Waals surface area (Å²) < 4.78 is 0. The normalized spacial score (nSPS) is 12.7. The van der Waals surface area contributed by atoms with Crippen LogP contribution >= 0.6 is 0 Å². The maximum Gasteiger partial charge on any atom is 0.0724 e. The lowest BCUT2D eigenvalue weighted by atomic mass is 10.0. The molecule has 84 valence electrons. The highest BCUT2D eigenvalue weighted by molar-refractivity contribution is 4.93. The highest BCUT2D eigenvalue weighted by atomic mass is 16.3. The summed E-state index contributed by atoms with van der Waals surface area (Å²) in [7, 11) is 0. The summed E-state index contributed by atoms with van der Waals surface area (Å²) in [5, 5.41) is 12.2. The van der Waals surface area contributed by atoms with Crippen LogP contribution in [0, 0.1) is 5.92 Å². The third-order valence-corrected chi connectivity index (χ3v) is 2.47. The lowest BCUT2D eigenvalue weighted by Gasteiger charge is -2.13. The summed E-state index contributed by atoms with van der Waals surface area (Å²) in [5.74, 6) is 0.548. The summed E-state index contributed by atoms with van der Waals surface area (Å²) in [6, 6.07) is 0. The van der Waals surface area contributed by atoms with Crippen LogP contribution in [-0.4, -0.2) is 28.2 Å². The Balaban J connectivity index is 2.20. The highest BCUT2D eigenvalue weighted by Gasteiger charge is 2.04. The van der Waals surface area contributed by atoms with Crippen molar-refractivity contribution >= 4 is 0 Å². The number of nitrogens with zero attached hydrogens (tertiary/aromatic N) is 2. The molecule has 1 atom stereocenters. The SMILES string of the molecule is CCC(CCO)CNCc1cnccn1. The van der Waals surface area contributed by atoms with Crippen molar-refractivity contribution in [1.82, 2.24) is 15.3 Å². The zero-order chi connectivity index (χ0) is 10.9. The summed E-state index contributed by atoms with van der Waals surface area (Å²) in [6.45, 7) is 4.08. The zero-order valence-electron chi connectivity index (χ0n) is 9.19. The Morgan fingerprint density at radius 3 is 2.93 bits per heavy atom. The van der Waals surface area contributed by atoms with E-state index in [9.17, 15) is 0 Å². The second kappa shape index (κ2) is 7.31. The molecule has 4 nitrogen and oxygen atoms in total. The molecule has 0 radical (unpaired) electrons. The zero-order valence-corrected chi connectivity index (χ0v) is 9.19. The third-order valence-electron chi connectivity index (χ3n) is 2.47. The lowest BCUT2D eigenvalue weighted by molar-refractivity contribution is 0.251. The Morgan fingerprint density at radius 1 is 1.47 bits per heavy atom. The first-order chi connectivity index (χ1) is 7.36. The summed E-state index contributed by atoms with van der Waals surface area (Å²) in [4.78, 5) is 8.17. The van der Waals surface area contributed by atoms with Crippen LogP contribution < -0.4 is 5.32 Å². The van der Waals surface area contributed by atoms with Crippen molar-refractivity contribution in [3.8, 4) is 0 Å². The number of nitrogens with one attached hydrogen (secondary N) is 1. The van der Waals surface area contributed by atoms with Gasteiger partial charge in [0.05, 0.1) is 5.69 Å². The highest BCUT2D eigenvalue weighted by Crippen LogP contribution is 2.05. The van der Waals surface area contributed by atoms with Crippen molar-refractivity contribution in [2.24, 2.45) is 5.92 Å². The number of aromatic nitrogens is 2. The first-order valence-electron chi connectivity index (χ1n) is 5.43. The first-order valence-corrected chi connectivity index (χ1v) is 5.43. The molecule has 0 bridgehead atoms. The number of hydrogen-bond donors (Lipinski definition) is 2. The van der Waals surface area contributed by atoms with Crippen molar-refractivity contribution in [2.75, 3.05) is 13.2 Å². The number of aliphatic hydroxyl groups is 1. The maximum absolute atomic E-state index is 8.83. The van der Waals surface area contributed by atoms with Crippen molar-refractivity contribution in [3.63, 3.8) is 0 Å². The van der Waals surface area contributed by atoms with Gasteiger partial charge >= 0.3 is 0 Å². The molecule has 1 aromatic heterocycles. The molecule has 0 aliphatic carbocycles. The monoisotopic (exact) mass is 209 g/mol. The fraction of sp³-hybridized carbons (Fsp3) is 0.636. The molecular weight excluding hydrogens is 190 g/mol. The van der Waals surface area contributed by atoms with Gasteiger partial charge in [-0.05, 0) is 18.9 Å². The minimum absolute atomic E-state index is 0.269. The van der Waals surface area contributed by atoms with Crippen LogP contribution in [0.15, 0.2) is 18.6 Å². The molecule has 2 N–H and O–H groups in total. The van der Waals surface area contributed by atoms with Gasteiger partial charge in [0.2, 0.25) is 0 Å². The Labute approximate surface area is 90.8 Å². The minimum Gasteiger partial charge on any atom is -0.396 e. The predicted octanol–water partition coefficient (Wildman–Crippen LogP) is 0.975. The molecule has 0 spiro atoms. The minimum atomic E-state index is 0.269. The Bertz CT molecular complexity index is 253. The predicted molar refractivity (Wildman–Crippen MR) is 59.2 cm³/mol. The molecule has 1 aromatic rings. The molecule has 0 aliphatic rings. The van der Waals surface area contributed by atoms with Crippen LogP contribution in [0.3, 0.4) is 0 Å². The largest absolute Gasteiger partial charge is 0.396 e. The van der Waals surface area contributed by atoms with E-state index in [-0.39, 0.29) is 6.61 Å². The van der Waals surface area contributed by atoms with Crippen molar-refractivity contribution in [1.29, 1.82) is 0 Å². The quantitative estimate of drug-likeness (QED) is 0.702. The molecule has 1 heterocycles. The van der Waals surface area contributed by atoms with E-state index in [1.807, 2.05) is 0 Å². The van der Waals surface area contributed by atoms with Crippen molar-refractivity contribution in [3.05, 3.63) is 24.3 Å². The molecular formula is C11H19N3O. The summed E-state index contributed by atoms with van der Waals surface area (Å²) >= 11 is 0. The van der Waals surface area contributed by atoms with Gasteiger partial charge in [-0.1, -0.05) is 13.3 Å². The fourth-order valence-corrected chi connectivity index (χ4v) is 1.46.